The van der Waals surface area contributed by atoms with Crippen molar-refractivity contribution in [1.82, 2.24) is 10.2 Å². The summed E-state index contributed by atoms with van der Waals surface area (Å²) in [6.07, 6.45) is 0.784. The van der Waals surface area contributed by atoms with Crippen LogP contribution < -0.4 is 5.32 Å². The molecule has 30 heavy (non-hydrogen) atoms. The molecule has 2 rings (SSSR count). The second-order valence-corrected chi connectivity index (χ2v) is 8.68. The average Bonchev–Trinajstić information content (AvgIpc) is 2.70. The van der Waals surface area contributed by atoms with Crippen molar-refractivity contribution in [2.45, 2.75) is 60.0 Å². The van der Waals surface area contributed by atoms with Crippen LogP contribution in [0.3, 0.4) is 0 Å². The molecule has 162 valence electrons. The molecule has 1 unspecified atom stereocenters. The summed E-state index contributed by atoms with van der Waals surface area (Å²) in [4.78, 5) is 28.0. The fourth-order valence-corrected chi connectivity index (χ4v) is 3.54. The third-order valence-electron chi connectivity index (χ3n) is 5.30. The summed E-state index contributed by atoms with van der Waals surface area (Å²) >= 11 is 6.36. The van der Waals surface area contributed by atoms with Crippen molar-refractivity contribution in [3.63, 3.8) is 0 Å². The van der Waals surface area contributed by atoms with Crippen LogP contribution in [0.25, 0.3) is 0 Å². The second-order valence-electron chi connectivity index (χ2n) is 8.27. The molecule has 0 saturated heterocycles. The van der Waals surface area contributed by atoms with E-state index in [9.17, 15) is 9.59 Å². The van der Waals surface area contributed by atoms with Gasteiger partial charge in [0, 0.05) is 18.1 Å². The molecule has 0 saturated carbocycles. The summed E-state index contributed by atoms with van der Waals surface area (Å²) in [5, 5.41) is 3.58. The Kier molecular flexibility index (Phi) is 8.91. The molecule has 1 N–H and O–H groups in total. The monoisotopic (exact) mass is 428 g/mol. The van der Waals surface area contributed by atoms with Crippen LogP contribution in [0.15, 0.2) is 42.5 Å². The molecule has 0 aliphatic heterocycles. The molecule has 5 heteroatoms. The Morgan fingerprint density at radius 3 is 2.37 bits per heavy atom. The first-order chi connectivity index (χ1) is 14.2. The maximum atomic E-state index is 13.4. The van der Waals surface area contributed by atoms with Gasteiger partial charge in [0.1, 0.15) is 6.04 Å². The van der Waals surface area contributed by atoms with E-state index in [4.69, 9.17) is 11.6 Å². The summed E-state index contributed by atoms with van der Waals surface area (Å²) in [5.74, 6) is 0.145. The number of hydrogen-bond donors (Lipinski definition) is 1. The summed E-state index contributed by atoms with van der Waals surface area (Å²) < 4.78 is 0. The SMILES string of the molecule is CCC(C(=O)NCC(C)C)N(Cc1ccccc1Cl)C(=O)Cc1ccc(C)c(C)c1. The van der Waals surface area contributed by atoms with E-state index in [2.05, 4.69) is 12.2 Å². The molecule has 0 radical (unpaired) electrons. The minimum Gasteiger partial charge on any atom is -0.354 e. The third-order valence-corrected chi connectivity index (χ3v) is 5.66. The van der Waals surface area contributed by atoms with Gasteiger partial charge in [-0.25, -0.2) is 0 Å². The van der Waals surface area contributed by atoms with E-state index in [0.717, 1.165) is 16.7 Å². The van der Waals surface area contributed by atoms with Crippen molar-refractivity contribution in [3.8, 4) is 0 Å². The molecular formula is C25H33ClN2O2. The van der Waals surface area contributed by atoms with Gasteiger partial charge in [0.25, 0.3) is 0 Å². The lowest BCUT2D eigenvalue weighted by molar-refractivity contribution is -0.141. The highest BCUT2D eigenvalue weighted by atomic mass is 35.5. The van der Waals surface area contributed by atoms with Crippen LogP contribution in [0, 0.1) is 19.8 Å². The van der Waals surface area contributed by atoms with Gasteiger partial charge in [-0.3, -0.25) is 9.59 Å². The fourth-order valence-electron chi connectivity index (χ4n) is 3.34. The lowest BCUT2D eigenvalue weighted by Crippen LogP contribution is -2.50. The molecule has 0 bridgehead atoms. The van der Waals surface area contributed by atoms with Crippen LogP contribution in [-0.2, 0) is 22.6 Å². The smallest absolute Gasteiger partial charge is 0.242 e. The molecule has 0 aromatic heterocycles. The molecular weight excluding hydrogens is 396 g/mol. The maximum absolute atomic E-state index is 13.4. The van der Waals surface area contributed by atoms with E-state index < -0.39 is 6.04 Å². The second kappa shape index (κ2) is 11.2. The van der Waals surface area contributed by atoms with Crippen molar-refractivity contribution in [2.24, 2.45) is 5.92 Å². The van der Waals surface area contributed by atoms with E-state index in [1.54, 1.807) is 4.90 Å². The molecule has 0 aliphatic carbocycles. The first-order valence-electron chi connectivity index (χ1n) is 10.6. The minimum absolute atomic E-state index is 0.0790. The Morgan fingerprint density at radius 1 is 1.07 bits per heavy atom. The van der Waals surface area contributed by atoms with E-state index in [1.165, 1.54) is 5.56 Å². The average molecular weight is 429 g/mol. The number of hydrogen-bond acceptors (Lipinski definition) is 2. The van der Waals surface area contributed by atoms with E-state index in [1.807, 2.05) is 70.2 Å². The highest BCUT2D eigenvalue weighted by molar-refractivity contribution is 6.31. The molecule has 0 aliphatic rings. The van der Waals surface area contributed by atoms with E-state index in [-0.39, 0.29) is 18.2 Å². The number of aryl methyl sites for hydroxylation is 2. The first kappa shape index (κ1) is 23.9. The van der Waals surface area contributed by atoms with Crippen LogP contribution in [0.1, 0.15) is 49.4 Å². The summed E-state index contributed by atoms with van der Waals surface area (Å²) in [6.45, 7) is 11.0. The van der Waals surface area contributed by atoms with Crippen LogP contribution >= 0.6 is 11.6 Å². The maximum Gasteiger partial charge on any atom is 0.242 e. The Morgan fingerprint density at radius 2 is 1.77 bits per heavy atom. The van der Waals surface area contributed by atoms with Crippen LogP contribution in [-0.4, -0.2) is 29.3 Å². The molecule has 4 nitrogen and oxygen atoms in total. The van der Waals surface area contributed by atoms with Gasteiger partial charge in [-0.05, 0) is 54.5 Å². The lowest BCUT2D eigenvalue weighted by Gasteiger charge is -2.31. The quantitative estimate of drug-likeness (QED) is 0.605. The Balaban J connectivity index is 2.30. The van der Waals surface area contributed by atoms with Gasteiger partial charge >= 0.3 is 0 Å². The number of nitrogens with zero attached hydrogens (tertiary/aromatic N) is 1. The number of benzene rings is 2. The van der Waals surface area contributed by atoms with Gasteiger partial charge in [-0.15, -0.1) is 0 Å². The molecule has 2 amide bonds. The number of amides is 2. The molecule has 0 spiro atoms. The Labute approximate surface area is 185 Å². The van der Waals surface area contributed by atoms with Crippen molar-refractivity contribution >= 4 is 23.4 Å². The number of carbonyl (C=O) groups excluding carboxylic acids is 2. The highest BCUT2D eigenvalue weighted by Crippen LogP contribution is 2.21. The molecule has 1 atom stereocenters. The Bertz CT molecular complexity index is 879. The molecule has 0 fully saturated rings. The summed E-state index contributed by atoms with van der Waals surface area (Å²) in [6, 6.07) is 13.0. The lowest BCUT2D eigenvalue weighted by atomic mass is 10.0. The highest BCUT2D eigenvalue weighted by Gasteiger charge is 2.29. The van der Waals surface area contributed by atoms with Gasteiger partial charge < -0.3 is 10.2 Å². The van der Waals surface area contributed by atoms with Gasteiger partial charge in [0.15, 0.2) is 0 Å². The minimum atomic E-state index is -0.543. The first-order valence-corrected chi connectivity index (χ1v) is 11.0. The zero-order chi connectivity index (χ0) is 22.3. The van der Waals surface area contributed by atoms with E-state index >= 15 is 0 Å². The fraction of sp³-hybridized carbons (Fsp3) is 0.440. The topological polar surface area (TPSA) is 49.4 Å². The van der Waals surface area contributed by atoms with Crippen molar-refractivity contribution in [3.05, 3.63) is 69.7 Å². The summed E-state index contributed by atoms with van der Waals surface area (Å²) in [7, 11) is 0. The molecule has 0 heterocycles. The largest absolute Gasteiger partial charge is 0.354 e. The van der Waals surface area contributed by atoms with Crippen molar-refractivity contribution < 1.29 is 9.59 Å². The van der Waals surface area contributed by atoms with Crippen LogP contribution in [0.4, 0.5) is 0 Å². The third kappa shape index (κ3) is 6.60. The van der Waals surface area contributed by atoms with Gasteiger partial charge in [0.2, 0.25) is 11.8 Å². The van der Waals surface area contributed by atoms with Crippen molar-refractivity contribution in [1.29, 1.82) is 0 Å². The standard InChI is InChI=1S/C25H33ClN2O2/c1-6-23(25(30)27-15-17(2)3)28(16-21-9-7-8-10-22(21)26)24(29)14-20-12-11-18(4)19(5)13-20/h7-13,17,23H,6,14-16H2,1-5H3,(H,27,30). The number of carbonyl (C=O) groups is 2. The molecule has 2 aromatic carbocycles. The number of nitrogens with one attached hydrogen (secondary N) is 1. The number of halogens is 1. The van der Waals surface area contributed by atoms with Crippen LogP contribution in [0.5, 0.6) is 0 Å². The zero-order valence-corrected chi connectivity index (χ0v) is 19.4. The summed E-state index contributed by atoms with van der Waals surface area (Å²) in [5.41, 5.74) is 4.13. The van der Waals surface area contributed by atoms with Crippen LogP contribution in [0.2, 0.25) is 5.02 Å². The predicted molar refractivity (Wildman–Crippen MR) is 124 cm³/mol. The predicted octanol–water partition coefficient (Wildman–Crippen LogP) is 5.08. The Hall–Kier alpha value is -2.33. The normalized spacial score (nSPS) is 12.0. The number of rotatable bonds is 9. The van der Waals surface area contributed by atoms with Gasteiger partial charge in [-0.1, -0.05) is 68.8 Å². The molecule has 2 aromatic rings. The van der Waals surface area contributed by atoms with Gasteiger partial charge in [0.05, 0.1) is 6.42 Å². The zero-order valence-electron chi connectivity index (χ0n) is 18.7. The van der Waals surface area contributed by atoms with Gasteiger partial charge in [-0.2, -0.15) is 0 Å². The van der Waals surface area contributed by atoms with E-state index in [0.29, 0.717) is 30.5 Å². The van der Waals surface area contributed by atoms with Crippen molar-refractivity contribution in [2.75, 3.05) is 6.54 Å².